The molecule has 7 nitrogen and oxygen atoms in total. The Labute approximate surface area is 304 Å². The molecule has 0 radical (unpaired) electrons. The van der Waals surface area contributed by atoms with E-state index in [0.29, 0.717) is 18.5 Å². The first-order valence-electron chi connectivity index (χ1n) is 17.6. The topological polar surface area (TPSA) is 69.9 Å². The summed E-state index contributed by atoms with van der Waals surface area (Å²) in [4.78, 5) is 16.5. The Morgan fingerprint density at radius 3 is 2.12 bits per heavy atom. The number of hydrogen-bond donors (Lipinski definition) is 0. The van der Waals surface area contributed by atoms with Gasteiger partial charge in [0.2, 0.25) is 5.69 Å². The molecule has 0 saturated carbocycles. The molecule has 266 valence electrons. The smallest absolute Gasteiger partial charge is 0.429 e. The number of nitrogens with zero attached hydrogens (tertiary/aromatic N) is 3. The van der Waals surface area contributed by atoms with Gasteiger partial charge in [-0.1, -0.05) is 80.1 Å². The predicted molar refractivity (Wildman–Crippen MR) is 206 cm³/mol. The molecule has 0 N–H and O–H groups in total. The van der Waals surface area contributed by atoms with Crippen molar-refractivity contribution in [2.24, 2.45) is 0 Å². The number of rotatable bonds is 6. The minimum atomic E-state index is -4.39. The van der Waals surface area contributed by atoms with E-state index in [1.165, 1.54) is 11.1 Å². The number of carbonyl (C=O) groups excluding carboxylic acids is 1. The number of anilines is 1. The molecule has 3 aliphatic rings. The number of likely N-dealkylation sites (N-methyl/N-ethyl adjacent to an activating group) is 1. The maximum Gasteiger partial charge on any atom is 0.429 e. The van der Waals surface area contributed by atoms with Crippen molar-refractivity contribution >= 4 is 33.2 Å². The van der Waals surface area contributed by atoms with Crippen molar-refractivity contribution in [3.8, 4) is 0 Å². The summed E-state index contributed by atoms with van der Waals surface area (Å²) in [7, 11) is -0.276. The van der Waals surface area contributed by atoms with Crippen LogP contribution < -0.4 is 4.90 Å². The van der Waals surface area contributed by atoms with Crippen LogP contribution in [0.15, 0.2) is 125 Å². The van der Waals surface area contributed by atoms with E-state index in [1.54, 1.807) is 45.0 Å². The molecule has 3 aromatic rings. The van der Waals surface area contributed by atoms with Crippen LogP contribution in [0.25, 0.3) is 0 Å². The molecule has 0 atom stereocenters. The average Bonchev–Trinajstić information content (AvgIpc) is 3.60. The summed E-state index contributed by atoms with van der Waals surface area (Å²) >= 11 is 0. The van der Waals surface area contributed by atoms with Gasteiger partial charge in [0.25, 0.3) is 10.0 Å². The highest BCUT2D eigenvalue weighted by Gasteiger charge is 2.44. The fraction of sp³-hybridized carbons (Fsp3) is 0.349. The molecule has 0 aromatic heterocycles. The van der Waals surface area contributed by atoms with Gasteiger partial charge in [-0.3, -0.25) is 0 Å². The predicted octanol–water partition coefficient (Wildman–Crippen LogP) is 9.47. The molecular weight excluding hydrogens is 655 g/mol. The van der Waals surface area contributed by atoms with E-state index < -0.39 is 21.7 Å². The van der Waals surface area contributed by atoms with E-state index in [4.69, 9.17) is 4.74 Å². The van der Waals surface area contributed by atoms with Gasteiger partial charge >= 0.3 is 6.09 Å². The number of amides is 1. The lowest BCUT2D eigenvalue weighted by Gasteiger charge is -2.29. The van der Waals surface area contributed by atoms with Gasteiger partial charge in [-0.2, -0.15) is 8.88 Å². The van der Waals surface area contributed by atoms with Gasteiger partial charge in [-0.05, 0) is 95.4 Å². The molecule has 0 spiro atoms. The molecular formula is C43H50N3O4S+. The Morgan fingerprint density at radius 2 is 1.49 bits per heavy atom. The van der Waals surface area contributed by atoms with Crippen LogP contribution in [0.5, 0.6) is 0 Å². The largest absolute Gasteiger partial charge is 0.443 e. The van der Waals surface area contributed by atoms with Crippen LogP contribution in [0, 0.1) is 6.92 Å². The number of hydrogen-bond acceptors (Lipinski definition) is 5. The van der Waals surface area contributed by atoms with Crippen molar-refractivity contribution in [3.63, 3.8) is 0 Å². The van der Waals surface area contributed by atoms with Gasteiger partial charge in [0.1, 0.15) is 12.6 Å². The fourth-order valence-electron chi connectivity index (χ4n) is 7.69. The van der Waals surface area contributed by atoms with Gasteiger partial charge in [-0.15, -0.1) is 0 Å². The molecule has 0 unspecified atom stereocenters. The van der Waals surface area contributed by atoms with Crippen molar-refractivity contribution in [3.05, 3.63) is 136 Å². The number of fused-ring (bicyclic) bond motifs is 2. The van der Waals surface area contributed by atoms with Gasteiger partial charge in [-0.25, -0.2) is 13.2 Å². The molecule has 1 amide bonds. The lowest BCUT2D eigenvalue weighted by atomic mass is 9.81. The summed E-state index contributed by atoms with van der Waals surface area (Å²) < 4.78 is 38.3. The first-order valence-corrected chi connectivity index (χ1v) is 19.0. The molecule has 0 bridgehead atoms. The quantitative estimate of drug-likeness (QED) is 0.239. The zero-order valence-corrected chi connectivity index (χ0v) is 32.4. The van der Waals surface area contributed by atoms with E-state index in [9.17, 15) is 13.2 Å². The lowest BCUT2D eigenvalue weighted by molar-refractivity contribution is -0.401. The maximum atomic E-state index is 14.7. The summed E-state index contributed by atoms with van der Waals surface area (Å²) in [5, 5.41) is 0. The number of allylic oxidation sites excluding steroid dienone is 7. The van der Waals surface area contributed by atoms with Crippen molar-refractivity contribution < 1.29 is 22.5 Å². The fourth-order valence-corrected chi connectivity index (χ4v) is 9.09. The molecule has 1 aliphatic carbocycles. The third kappa shape index (κ3) is 6.39. The van der Waals surface area contributed by atoms with Crippen LogP contribution in [0.1, 0.15) is 78.0 Å². The van der Waals surface area contributed by atoms with Crippen molar-refractivity contribution in [1.29, 1.82) is 0 Å². The van der Waals surface area contributed by atoms with Crippen LogP contribution in [-0.4, -0.2) is 48.8 Å². The molecule has 2 heterocycles. The van der Waals surface area contributed by atoms with E-state index in [-0.39, 0.29) is 15.7 Å². The maximum absolute atomic E-state index is 14.7. The first-order chi connectivity index (χ1) is 23.9. The van der Waals surface area contributed by atoms with Crippen LogP contribution >= 0.6 is 0 Å². The van der Waals surface area contributed by atoms with E-state index in [1.807, 2.05) is 31.2 Å². The molecule has 0 saturated heterocycles. The van der Waals surface area contributed by atoms with Crippen LogP contribution in [-0.2, 0) is 25.6 Å². The number of para-hydroxylation sites is 2. The van der Waals surface area contributed by atoms with E-state index >= 15 is 0 Å². The molecule has 0 fully saturated rings. The van der Waals surface area contributed by atoms with Crippen LogP contribution in [0.3, 0.4) is 0 Å². The summed E-state index contributed by atoms with van der Waals surface area (Å²) in [6.07, 6.45) is 8.30. The number of ether oxygens (including phenoxy) is 1. The average molecular weight is 705 g/mol. The first kappa shape index (κ1) is 36.1. The van der Waals surface area contributed by atoms with Crippen molar-refractivity contribution in [2.75, 3.05) is 19.0 Å². The Balaban J connectivity index is 1.55. The minimum Gasteiger partial charge on any atom is -0.443 e. The zero-order valence-electron chi connectivity index (χ0n) is 31.5. The second-order valence-electron chi connectivity index (χ2n) is 15.8. The van der Waals surface area contributed by atoms with Gasteiger partial charge in [0, 0.05) is 41.6 Å². The second kappa shape index (κ2) is 12.8. The highest BCUT2D eigenvalue weighted by atomic mass is 32.2. The number of carbonyl (C=O) groups is 1. The summed E-state index contributed by atoms with van der Waals surface area (Å²) in [5.41, 5.74) is 8.13. The third-order valence-corrected chi connectivity index (χ3v) is 12.0. The third-order valence-electron chi connectivity index (χ3n) is 10.4. The second-order valence-corrected chi connectivity index (χ2v) is 17.6. The molecule has 2 aliphatic heterocycles. The number of benzene rings is 3. The van der Waals surface area contributed by atoms with Crippen LogP contribution in [0.4, 0.5) is 16.2 Å². The van der Waals surface area contributed by atoms with Gasteiger partial charge in [0.15, 0.2) is 5.71 Å². The minimum absolute atomic E-state index is 0.0213. The van der Waals surface area contributed by atoms with Crippen molar-refractivity contribution in [2.45, 2.75) is 89.6 Å². The van der Waals surface area contributed by atoms with Gasteiger partial charge in [0.05, 0.1) is 16.0 Å². The Hall–Kier alpha value is -4.69. The van der Waals surface area contributed by atoms with Crippen molar-refractivity contribution in [1.82, 2.24) is 4.31 Å². The summed E-state index contributed by atoms with van der Waals surface area (Å²) in [6.45, 7) is 15.9. The molecule has 6 rings (SSSR count). The van der Waals surface area contributed by atoms with Gasteiger partial charge < -0.3 is 9.64 Å². The summed E-state index contributed by atoms with van der Waals surface area (Å²) in [5.74, 6) is 0. The molecule has 3 aromatic carbocycles. The Bertz CT molecular complexity index is 2180. The highest BCUT2D eigenvalue weighted by molar-refractivity contribution is 7.89. The highest BCUT2D eigenvalue weighted by Crippen LogP contribution is 2.47. The lowest BCUT2D eigenvalue weighted by Crippen LogP contribution is -2.40. The summed E-state index contributed by atoms with van der Waals surface area (Å²) in [6, 6.07) is 23.3. The SMILES string of the molecule is Cc1ccc(S(=O)(=O)N(C(=O)OC(C)(C)C)C2=C(C=CC3=[N+](C)c4ccccc4C3(C)C)CCC2=CC=C2N(C)c3ccccc3C2(C)C)cc1. The monoisotopic (exact) mass is 704 g/mol. The number of aryl methyl sites for hydroxylation is 1. The molecule has 8 heteroatoms. The molecule has 51 heavy (non-hydrogen) atoms. The Morgan fingerprint density at radius 1 is 0.863 bits per heavy atom. The van der Waals surface area contributed by atoms with E-state index in [2.05, 4.69) is 99.8 Å². The standard InChI is InChI=1S/C43H50N3O4S/c1-29-19-25-32(26-20-29)51(48,49)46(40(47)50-41(2,3)4)39-30(23-27-37-42(5,6)33-15-11-13-17-35(33)44(37)9)21-22-31(39)24-28-38-43(7,8)34-16-12-14-18-36(34)45(38)10/h11-20,23-28H,21-22H2,1-10H3/q+1. The number of sulfonamides is 1. The van der Waals surface area contributed by atoms with Crippen LogP contribution in [0.2, 0.25) is 0 Å². The Kier molecular flexibility index (Phi) is 9.08. The zero-order chi connectivity index (χ0) is 37.1. The van der Waals surface area contributed by atoms with E-state index in [0.717, 1.165) is 43.8 Å². The normalized spacial score (nSPS) is 19.8.